The summed E-state index contributed by atoms with van der Waals surface area (Å²) in [5, 5.41) is 2.99. The minimum Gasteiger partial charge on any atom is -0.463 e. The molecule has 0 bridgehead atoms. The van der Waals surface area contributed by atoms with Gasteiger partial charge in [0.1, 0.15) is 0 Å². The summed E-state index contributed by atoms with van der Waals surface area (Å²) in [7, 11) is -3.62. The highest BCUT2D eigenvalue weighted by molar-refractivity contribution is 7.89. The van der Waals surface area contributed by atoms with E-state index in [2.05, 4.69) is 10.2 Å². The van der Waals surface area contributed by atoms with Crippen LogP contribution in [0.4, 0.5) is 4.79 Å². The Morgan fingerprint density at radius 3 is 2.21 bits per heavy atom. The number of nitrogens with zero attached hydrogens (tertiary/aromatic N) is 3. The van der Waals surface area contributed by atoms with Crippen molar-refractivity contribution in [1.29, 1.82) is 0 Å². The first-order valence-electron chi connectivity index (χ1n) is 13.5. The van der Waals surface area contributed by atoms with Crippen LogP contribution in [0.15, 0.2) is 64.7 Å². The molecule has 1 saturated heterocycles. The lowest BCUT2D eigenvalue weighted by Crippen LogP contribution is -2.51. The van der Waals surface area contributed by atoms with Crippen molar-refractivity contribution in [3.63, 3.8) is 0 Å². The Balaban J connectivity index is 1.63. The van der Waals surface area contributed by atoms with Gasteiger partial charge in [-0.25, -0.2) is 18.0 Å². The SMILES string of the molecule is CCOC(=O)C1=C(CN2CCCN(S(=O)(=O)c3ccc(C)cc3)CC2)N(CC)C(=O)NC1c1ccc(C)cc1. The van der Waals surface area contributed by atoms with Crippen LogP contribution in [-0.4, -0.2) is 80.4 Å². The number of ether oxygens (including phenoxy) is 1. The Morgan fingerprint density at radius 1 is 0.949 bits per heavy atom. The summed E-state index contributed by atoms with van der Waals surface area (Å²) in [6, 6.07) is 13.7. The van der Waals surface area contributed by atoms with Gasteiger partial charge < -0.3 is 10.1 Å². The van der Waals surface area contributed by atoms with Gasteiger partial charge in [0.05, 0.1) is 23.1 Å². The van der Waals surface area contributed by atoms with E-state index < -0.39 is 22.0 Å². The van der Waals surface area contributed by atoms with Crippen LogP contribution >= 0.6 is 0 Å². The van der Waals surface area contributed by atoms with E-state index >= 15 is 0 Å². The van der Waals surface area contributed by atoms with E-state index in [4.69, 9.17) is 4.74 Å². The van der Waals surface area contributed by atoms with Gasteiger partial charge >= 0.3 is 12.0 Å². The smallest absolute Gasteiger partial charge is 0.338 e. The summed E-state index contributed by atoms with van der Waals surface area (Å²) < 4.78 is 33.6. The number of amides is 2. The van der Waals surface area contributed by atoms with Gasteiger partial charge in [-0.15, -0.1) is 0 Å². The van der Waals surface area contributed by atoms with Crippen molar-refractivity contribution in [1.82, 2.24) is 19.4 Å². The van der Waals surface area contributed by atoms with E-state index in [-0.39, 0.29) is 17.5 Å². The fourth-order valence-electron chi connectivity index (χ4n) is 5.08. The van der Waals surface area contributed by atoms with Crippen molar-refractivity contribution in [2.45, 2.75) is 45.1 Å². The predicted molar refractivity (Wildman–Crippen MR) is 149 cm³/mol. The molecule has 0 saturated carbocycles. The molecule has 1 N–H and O–H groups in total. The number of hydrogen-bond acceptors (Lipinski definition) is 6. The van der Waals surface area contributed by atoms with Gasteiger partial charge in [-0.3, -0.25) is 9.80 Å². The van der Waals surface area contributed by atoms with E-state index in [0.29, 0.717) is 57.0 Å². The summed E-state index contributed by atoms with van der Waals surface area (Å²) in [6.45, 7) is 10.3. The molecule has 39 heavy (non-hydrogen) atoms. The van der Waals surface area contributed by atoms with Gasteiger partial charge in [0.25, 0.3) is 0 Å². The van der Waals surface area contributed by atoms with Crippen molar-refractivity contribution >= 4 is 22.0 Å². The van der Waals surface area contributed by atoms with Crippen LogP contribution in [0.5, 0.6) is 0 Å². The van der Waals surface area contributed by atoms with Crippen LogP contribution < -0.4 is 5.32 Å². The van der Waals surface area contributed by atoms with E-state index in [0.717, 1.165) is 16.7 Å². The van der Waals surface area contributed by atoms with E-state index in [1.54, 1.807) is 36.1 Å². The highest BCUT2D eigenvalue weighted by Crippen LogP contribution is 2.32. The van der Waals surface area contributed by atoms with Crippen LogP contribution in [0.2, 0.25) is 0 Å². The predicted octanol–water partition coefficient (Wildman–Crippen LogP) is 3.60. The highest BCUT2D eigenvalue weighted by atomic mass is 32.2. The molecule has 0 aromatic heterocycles. The van der Waals surface area contributed by atoms with Crippen molar-refractivity contribution in [3.8, 4) is 0 Å². The fourth-order valence-corrected chi connectivity index (χ4v) is 6.55. The Labute approximate surface area is 231 Å². The molecule has 0 radical (unpaired) electrons. The van der Waals surface area contributed by atoms with E-state index in [9.17, 15) is 18.0 Å². The molecule has 210 valence electrons. The number of urea groups is 1. The minimum atomic E-state index is -3.62. The van der Waals surface area contributed by atoms with Crippen molar-refractivity contribution in [3.05, 3.63) is 76.5 Å². The summed E-state index contributed by atoms with van der Waals surface area (Å²) in [6.07, 6.45) is 0.632. The van der Waals surface area contributed by atoms with E-state index in [1.165, 1.54) is 4.31 Å². The monoisotopic (exact) mass is 554 g/mol. The van der Waals surface area contributed by atoms with Gasteiger partial charge in [-0.2, -0.15) is 4.31 Å². The lowest BCUT2D eigenvalue weighted by Gasteiger charge is -2.38. The van der Waals surface area contributed by atoms with Crippen LogP contribution in [0.3, 0.4) is 0 Å². The topological polar surface area (TPSA) is 99.3 Å². The second kappa shape index (κ2) is 12.3. The molecule has 2 aromatic rings. The second-order valence-electron chi connectivity index (χ2n) is 9.97. The number of benzene rings is 2. The molecular formula is C29H38N4O5S. The van der Waals surface area contributed by atoms with Crippen LogP contribution in [0.25, 0.3) is 0 Å². The molecule has 4 rings (SSSR count). The second-order valence-corrected chi connectivity index (χ2v) is 11.9. The average Bonchev–Trinajstić information content (AvgIpc) is 3.15. The number of esters is 1. The molecule has 1 fully saturated rings. The third kappa shape index (κ3) is 6.34. The number of likely N-dealkylation sites (N-methyl/N-ethyl adjacent to an activating group) is 1. The number of sulfonamides is 1. The standard InChI is InChI=1S/C29H38N4O5S/c1-5-33-25(26(28(34)38-6-2)27(30-29(33)35)23-12-8-21(3)9-13-23)20-31-16-7-17-32(19-18-31)39(36,37)24-14-10-22(4)11-15-24/h8-15,27H,5-7,16-20H2,1-4H3,(H,30,35). The molecule has 1 atom stereocenters. The Hall–Kier alpha value is -3.21. The average molecular weight is 555 g/mol. The molecular weight excluding hydrogens is 516 g/mol. The highest BCUT2D eigenvalue weighted by Gasteiger charge is 2.38. The van der Waals surface area contributed by atoms with Gasteiger partial charge in [0.2, 0.25) is 10.0 Å². The molecule has 2 aliphatic heterocycles. The van der Waals surface area contributed by atoms with Gasteiger partial charge in [-0.05, 0) is 58.4 Å². The number of carbonyl (C=O) groups excluding carboxylic acids is 2. The number of nitrogens with one attached hydrogen (secondary N) is 1. The zero-order valence-electron chi connectivity index (χ0n) is 23.1. The van der Waals surface area contributed by atoms with Crippen LogP contribution in [0, 0.1) is 13.8 Å². The molecule has 1 unspecified atom stereocenters. The fraction of sp³-hybridized carbons (Fsp3) is 0.448. The summed E-state index contributed by atoms with van der Waals surface area (Å²) in [5.74, 6) is -0.463. The molecule has 10 heteroatoms. The zero-order chi connectivity index (χ0) is 28.2. The molecule has 2 amide bonds. The molecule has 0 spiro atoms. The first-order chi connectivity index (χ1) is 18.6. The first kappa shape index (κ1) is 28.8. The summed E-state index contributed by atoms with van der Waals surface area (Å²) in [5.41, 5.74) is 3.89. The normalized spacial score (nSPS) is 19.5. The van der Waals surface area contributed by atoms with Gasteiger partial charge in [0, 0.05) is 38.4 Å². The third-order valence-corrected chi connectivity index (χ3v) is 9.15. The first-order valence-corrected chi connectivity index (χ1v) is 14.9. The Bertz CT molecular complexity index is 1320. The molecule has 9 nitrogen and oxygen atoms in total. The van der Waals surface area contributed by atoms with Crippen molar-refractivity contribution in [2.24, 2.45) is 0 Å². The Kier molecular flexibility index (Phi) is 9.09. The molecule has 2 heterocycles. The number of hydrogen-bond donors (Lipinski definition) is 1. The summed E-state index contributed by atoms with van der Waals surface area (Å²) >= 11 is 0. The van der Waals surface area contributed by atoms with Crippen molar-refractivity contribution < 1.29 is 22.7 Å². The lowest BCUT2D eigenvalue weighted by atomic mass is 9.93. The van der Waals surface area contributed by atoms with Crippen LogP contribution in [0.1, 0.15) is 43.0 Å². The lowest BCUT2D eigenvalue weighted by molar-refractivity contribution is -0.139. The zero-order valence-corrected chi connectivity index (χ0v) is 24.0. The van der Waals surface area contributed by atoms with E-state index in [1.807, 2.05) is 45.0 Å². The van der Waals surface area contributed by atoms with Gasteiger partial charge in [-0.1, -0.05) is 47.5 Å². The maximum absolute atomic E-state index is 13.3. The number of rotatable bonds is 8. The molecule has 2 aromatic carbocycles. The third-order valence-electron chi connectivity index (χ3n) is 7.24. The van der Waals surface area contributed by atoms with Crippen molar-refractivity contribution in [2.75, 3.05) is 45.9 Å². The number of carbonyl (C=O) groups is 2. The number of aryl methyl sites for hydroxylation is 2. The van der Waals surface area contributed by atoms with Crippen LogP contribution in [-0.2, 0) is 19.6 Å². The summed E-state index contributed by atoms with van der Waals surface area (Å²) in [4.78, 5) is 30.5. The maximum Gasteiger partial charge on any atom is 0.338 e. The largest absolute Gasteiger partial charge is 0.463 e. The Morgan fingerprint density at radius 2 is 1.59 bits per heavy atom. The minimum absolute atomic E-state index is 0.214. The van der Waals surface area contributed by atoms with Gasteiger partial charge in [0.15, 0.2) is 0 Å². The maximum atomic E-state index is 13.3. The quantitative estimate of drug-likeness (QED) is 0.501. The molecule has 2 aliphatic rings. The molecule has 0 aliphatic carbocycles.